The third-order valence-electron chi connectivity index (χ3n) is 3.13. The molecule has 0 spiro atoms. The minimum absolute atomic E-state index is 0.0854. The third-order valence-corrected chi connectivity index (χ3v) is 3.13. The molecule has 0 aliphatic carbocycles. The zero-order valence-electron chi connectivity index (χ0n) is 11.0. The van der Waals surface area contributed by atoms with E-state index >= 15 is 0 Å². The molecule has 1 aliphatic heterocycles. The van der Waals surface area contributed by atoms with E-state index in [4.69, 9.17) is 0 Å². The lowest BCUT2D eigenvalue weighted by Gasteiger charge is -2.36. The molecule has 1 aliphatic rings. The zero-order chi connectivity index (χ0) is 13.3. The standard InChI is InChI=1S/C14H19FN2O/c1-9-4-12(6-13(15)5-9)14(18)17-7-10(2)16-11(3)8-17/h4-6,10-11,16H,7-8H2,1-3H3/t10-,11-/m1/s1. The zero-order valence-corrected chi connectivity index (χ0v) is 11.0. The average Bonchev–Trinajstić information content (AvgIpc) is 2.25. The van der Waals surface area contributed by atoms with Gasteiger partial charge in [-0.15, -0.1) is 0 Å². The van der Waals surface area contributed by atoms with Crippen LogP contribution in [0.5, 0.6) is 0 Å². The van der Waals surface area contributed by atoms with Crippen molar-refractivity contribution in [3.8, 4) is 0 Å². The van der Waals surface area contributed by atoms with Gasteiger partial charge in [0.1, 0.15) is 5.82 Å². The maximum absolute atomic E-state index is 13.3. The monoisotopic (exact) mass is 250 g/mol. The van der Waals surface area contributed by atoms with Crippen LogP contribution >= 0.6 is 0 Å². The summed E-state index contributed by atoms with van der Waals surface area (Å²) in [6.07, 6.45) is 0. The van der Waals surface area contributed by atoms with E-state index in [1.807, 2.05) is 13.8 Å². The Morgan fingerprint density at radius 2 is 1.89 bits per heavy atom. The Morgan fingerprint density at radius 3 is 2.44 bits per heavy atom. The van der Waals surface area contributed by atoms with Gasteiger partial charge in [-0.3, -0.25) is 4.79 Å². The second-order valence-corrected chi connectivity index (χ2v) is 5.20. The highest BCUT2D eigenvalue weighted by molar-refractivity contribution is 5.94. The van der Waals surface area contributed by atoms with Crippen molar-refractivity contribution >= 4 is 5.91 Å². The van der Waals surface area contributed by atoms with Gasteiger partial charge in [0.15, 0.2) is 0 Å². The van der Waals surface area contributed by atoms with Crippen LogP contribution in [-0.4, -0.2) is 36.0 Å². The number of piperazine rings is 1. The van der Waals surface area contributed by atoms with Gasteiger partial charge in [-0.05, 0) is 44.5 Å². The number of carbonyl (C=O) groups excluding carboxylic acids is 1. The molecule has 1 aromatic rings. The maximum Gasteiger partial charge on any atom is 0.254 e. The highest BCUT2D eigenvalue weighted by Gasteiger charge is 2.25. The number of halogens is 1. The van der Waals surface area contributed by atoms with Crippen LogP contribution in [0, 0.1) is 12.7 Å². The average molecular weight is 250 g/mol. The Bertz CT molecular complexity index is 431. The maximum atomic E-state index is 13.3. The molecular formula is C14H19FN2O. The summed E-state index contributed by atoms with van der Waals surface area (Å²) in [6.45, 7) is 7.22. The smallest absolute Gasteiger partial charge is 0.254 e. The van der Waals surface area contributed by atoms with E-state index in [9.17, 15) is 9.18 Å². The molecule has 18 heavy (non-hydrogen) atoms. The van der Waals surface area contributed by atoms with Crippen LogP contribution in [0.15, 0.2) is 18.2 Å². The number of aryl methyl sites for hydroxylation is 1. The van der Waals surface area contributed by atoms with Crippen molar-refractivity contribution < 1.29 is 9.18 Å². The van der Waals surface area contributed by atoms with Crippen LogP contribution in [0.2, 0.25) is 0 Å². The van der Waals surface area contributed by atoms with Gasteiger partial charge in [-0.25, -0.2) is 4.39 Å². The van der Waals surface area contributed by atoms with Crippen LogP contribution in [0.1, 0.15) is 29.8 Å². The molecule has 0 unspecified atom stereocenters. The Morgan fingerprint density at radius 1 is 1.28 bits per heavy atom. The van der Waals surface area contributed by atoms with Gasteiger partial charge in [0.25, 0.3) is 5.91 Å². The summed E-state index contributed by atoms with van der Waals surface area (Å²) in [5, 5.41) is 3.37. The Kier molecular flexibility index (Phi) is 3.66. The molecule has 0 aromatic heterocycles. The first-order valence-corrected chi connectivity index (χ1v) is 6.28. The van der Waals surface area contributed by atoms with Crippen molar-refractivity contribution in [3.63, 3.8) is 0 Å². The normalized spacial score (nSPS) is 24.1. The molecule has 1 N–H and O–H groups in total. The highest BCUT2D eigenvalue weighted by Crippen LogP contribution is 2.13. The fourth-order valence-electron chi connectivity index (χ4n) is 2.54. The molecule has 1 heterocycles. The molecule has 0 radical (unpaired) electrons. The van der Waals surface area contributed by atoms with Crippen molar-refractivity contribution in [2.45, 2.75) is 32.9 Å². The van der Waals surface area contributed by atoms with Crippen LogP contribution in [0.3, 0.4) is 0 Å². The molecule has 4 heteroatoms. The molecule has 1 amide bonds. The van der Waals surface area contributed by atoms with Crippen LogP contribution in [0.4, 0.5) is 4.39 Å². The van der Waals surface area contributed by atoms with E-state index < -0.39 is 0 Å². The predicted molar refractivity (Wildman–Crippen MR) is 69.1 cm³/mol. The summed E-state index contributed by atoms with van der Waals surface area (Å²) in [6, 6.07) is 5.02. The second-order valence-electron chi connectivity index (χ2n) is 5.20. The molecule has 3 nitrogen and oxygen atoms in total. The van der Waals surface area contributed by atoms with E-state index in [1.165, 1.54) is 12.1 Å². The SMILES string of the molecule is Cc1cc(F)cc(C(=O)N2C[C@@H](C)N[C@H](C)C2)c1. The molecule has 0 bridgehead atoms. The number of carbonyl (C=O) groups is 1. The van der Waals surface area contributed by atoms with Gasteiger partial charge in [-0.1, -0.05) is 0 Å². The lowest BCUT2D eigenvalue weighted by atomic mass is 10.1. The van der Waals surface area contributed by atoms with Crippen molar-refractivity contribution in [1.82, 2.24) is 10.2 Å². The molecule has 1 fully saturated rings. The number of benzene rings is 1. The van der Waals surface area contributed by atoms with Gasteiger partial charge in [-0.2, -0.15) is 0 Å². The lowest BCUT2D eigenvalue weighted by Crippen LogP contribution is -2.55. The summed E-state index contributed by atoms with van der Waals surface area (Å²) in [5.74, 6) is -0.438. The number of amides is 1. The quantitative estimate of drug-likeness (QED) is 0.826. The minimum Gasteiger partial charge on any atom is -0.336 e. The predicted octanol–water partition coefficient (Wildman–Crippen LogP) is 1.96. The van der Waals surface area contributed by atoms with Crippen molar-refractivity contribution in [1.29, 1.82) is 0 Å². The number of nitrogens with zero attached hydrogens (tertiary/aromatic N) is 1. The Labute approximate surface area is 107 Å². The molecule has 2 atom stereocenters. The van der Waals surface area contributed by atoms with Gasteiger partial charge in [0, 0.05) is 30.7 Å². The van der Waals surface area contributed by atoms with Crippen molar-refractivity contribution in [2.75, 3.05) is 13.1 Å². The largest absolute Gasteiger partial charge is 0.336 e. The van der Waals surface area contributed by atoms with Gasteiger partial charge >= 0.3 is 0 Å². The van der Waals surface area contributed by atoms with Crippen LogP contribution in [0.25, 0.3) is 0 Å². The number of hydrogen-bond acceptors (Lipinski definition) is 2. The first-order chi connectivity index (χ1) is 8.45. The van der Waals surface area contributed by atoms with E-state index in [1.54, 1.807) is 17.9 Å². The fraction of sp³-hybridized carbons (Fsp3) is 0.500. The van der Waals surface area contributed by atoms with E-state index in [-0.39, 0.29) is 23.8 Å². The third kappa shape index (κ3) is 2.88. The minimum atomic E-state index is -0.352. The van der Waals surface area contributed by atoms with Gasteiger partial charge in [0.2, 0.25) is 0 Å². The molecule has 0 saturated carbocycles. The molecule has 2 rings (SSSR count). The van der Waals surface area contributed by atoms with E-state index in [2.05, 4.69) is 5.32 Å². The number of rotatable bonds is 1. The van der Waals surface area contributed by atoms with Crippen molar-refractivity contribution in [3.05, 3.63) is 35.1 Å². The molecular weight excluding hydrogens is 231 g/mol. The summed E-state index contributed by atoms with van der Waals surface area (Å²) in [5.41, 5.74) is 1.21. The molecule has 1 aromatic carbocycles. The number of hydrogen-bond donors (Lipinski definition) is 1. The Hall–Kier alpha value is -1.42. The first kappa shape index (κ1) is 13.0. The molecule has 1 saturated heterocycles. The lowest BCUT2D eigenvalue weighted by molar-refractivity contribution is 0.0673. The summed E-state index contributed by atoms with van der Waals surface area (Å²) in [7, 11) is 0. The Balaban J connectivity index is 2.20. The number of nitrogens with one attached hydrogen (secondary N) is 1. The molecule has 98 valence electrons. The van der Waals surface area contributed by atoms with Crippen LogP contribution < -0.4 is 5.32 Å². The van der Waals surface area contributed by atoms with Crippen LogP contribution in [-0.2, 0) is 0 Å². The van der Waals surface area contributed by atoms with Gasteiger partial charge in [0.05, 0.1) is 0 Å². The summed E-state index contributed by atoms with van der Waals surface area (Å²) < 4.78 is 13.3. The topological polar surface area (TPSA) is 32.3 Å². The summed E-state index contributed by atoms with van der Waals surface area (Å²) >= 11 is 0. The fourth-order valence-corrected chi connectivity index (χ4v) is 2.54. The highest BCUT2D eigenvalue weighted by atomic mass is 19.1. The van der Waals surface area contributed by atoms with E-state index in [0.717, 1.165) is 5.56 Å². The first-order valence-electron chi connectivity index (χ1n) is 6.28. The van der Waals surface area contributed by atoms with Gasteiger partial charge < -0.3 is 10.2 Å². The van der Waals surface area contributed by atoms with E-state index in [0.29, 0.717) is 18.7 Å². The summed E-state index contributed by atoms with van der Waals surface area (Å²) in [4.78, 5) is 14.1. The second kappa shape index (κ2) is 5.06. The van der Waals surface area contributed by atoms with Crippen molar-refractivity contribution in [2.24, 2.45) is 0 Å².